The third-order valence-corrected chi connectivity index (χ3v) is 2.96. The summed E-state index contributed by atoms with van der Waals surface area (Å²) >= 11 is 0. The average molecular weight is 319 g/mol. The number of anilines is 1. The van der Waals surface area contributed by atoms with E-state index in [9.17, 15) is 9.18 Å². The normalized spacial score (nSPS) is 13.3. The molecule has 1 aromatic rings. The average Bonchev–Trinajstić information content (AvgIpc) is 2.89. The van der Waals surface area contributed by atoms with Crippen LogP contribution in [0.2, 0.25) is 0 Å². The maximum atomic E-state index is 13.7. The zero-order valence-corrected chi connectivity index (χ0v) is 13.5. The first-order chi connectivity index (χ1) is 10.2. The van der Waals surface area contributed by atoms with Crippen molar-refractivity contribution in [1.29, 1.82) is 0 Å². The van der Waals surface area contributed by atoms with Gasteiger partial charge < -0.3 is 14.0 Å². The molecule has 8 nitrogen and oxygen atoms in total. The lowest BCUT2D eigenvalue weighted by Crippen LogP contribution is -2.47. The van der Waals surface area contributed by atoms with Crippen LogP contribution in [0.15, 0.2) is 10.6 Å². The van der Waals surface area contributed by atoms with E-state index in [0.717, 1.165) is 5.06 Å². The van der Waals surface area contributed by atoms with Gasteiger partial charge in [-0.25, -0.2) is 9.18 Å². The van der Waals surface area contributed by atoms with Gasteiger partial charge in [0.2, 0.25) is 0 Å². The van der Waals surface area contributed by atoms with Crippen molar-refractivity contribution < 1.29 is 28.0 Å². The zero-order valence-electron chi connectivity index (χ0n) is 13.5. The molecule has 0 aromatic carbocycles. The molecule has 0 aliphatic carbocycles. The minimum absolute atomic E-state index is 0.00600. The highest BCUT2D eigenvalue weighted by atomic mass is 19.1. The number of methoxy groups -OCH3 is 2. The lowest BCUT2D eigenvalue weighted by Gasteiger charge is -2.30. The number of carbonyl (C=O) groups excluding carboxylic acids is 1. The molecule has 2 amide bonds. The molecule has 0 saturated heterocycles. The quantitative estimate of drug-likeness (QED) is 0.613. The number of hydrogen-bond acceptors (Lipinski definition) is 6. The largest absolute Gasteiger partial charge is 0.356 e. The Hall–Kier alpha value is -1.71. The zero-order chi connectivity index (χ0) is 16.9. The molecule has 0 aliphatic heterocycles. The Balaban J connectivity index is 2.79. The smallest absolute Gasteiger partial charge is 0.347 e. The number of nitrogens with zero attached hydrogens (tertiary/aromatic N) is 2. The van der Waals surface area contributed by atoms with Crippen LogP contribution < -0.4 is 5.32 Å². The standard InChI is InChI=1S/C13H22FN3O5/c1-8(11(19-4)20-5)17(21-6)12(18)15-10-7-9(22-16-10)13(2,3)14/h7-8,11H,1-6H3,(H,15,16,18). The summed E-state index contributed by atoms with van der Waals surface area (Å²) in [6.07, 6.45) is -0.677. The van der Waals surface area contributed by atoms with Crippen molar-refractivity contribution in [1.82, 2.24) is 10.2 Å². The number of alkyl halides is 1. The molecule has 0 bridgehead atoms. The minimum Gasteiger partial charge on any atom is -0.356 e. The van der Waals surface area contributed by atoms with Crippen molar-refractivity contribution in [3.63, 3.8) is 0 Å². The molecule has 0 aliphatic rings. The number of aromatic nitrogens is 1. The summed E-state index contributed by atoms with van der Waals surface area (Å²) in [6, 6.07) is 0.148. The summed E-state index contributed by atoms with van der Waals surface area (Å²) in [6.45, 7) is 4.33. The molecule has 126 valence electrons. The topological polar surface area (TPSA) is 86.1 Å². The second-order valence-corrected chi connectivity index (χ2v) is 5.07. The van der Waals surface area contributed by atoms with Crippen molar-refractivity contribution in [2.75, 3.05) is 26.6 Å². The second-order valence-electron chi connectivity index (χ2n) is 5.07. The molecule has 22 heavy (non-hydrogen) atoms. The van der Waals surface area contributed by atoms with Crippen LogP contribution in [0.3, 0.4) is 0 Å². The highest BCUT2D eigenvalue weighted by Gasteiger charge is 2.30. The van der Waals surface area contributed by atoms with Gasteiger partial charge in [-0.1, -0.05) is 5.16 Å². The first-order valence-corrected chi connectivity index (χ1v) is 6.60. The van der Waals surface area contributed by atoms with Crippen LogP contribution in [0.1, 0.15) is 26.5 Å². The summed E-state index contributed by atoms with van der Waals surface area (Å²) in [7, 11) is 4.23. The van der Waals surface area contributed by atoms with Gasteiger partial charge in [-0.15, -0.1) is 0 Å². The predicted octanol–water partition coefficient (Wildman–Crippen LogP) is 2.28. The van der Waals surface area contributed by atoms with Gasteiger partial charge in [-0.2, -0.15) is 5.06 Å². The molecular formula is C13H22FN3O5. The Morgan fingerprint density at radius 2 is 2.00 bits per heavy atom. The Morgan fingerprint density at radius 3 is 2.41 bits per heavy atom. The monoisotopic (exact) mass is 319 g/mol. The number of ether oxygens (including phenoxy) is 2. The van der Waals surface area contributed by atoms with E-state index in [1.165, 1.54) is 41.2 Å². The van der Waals surface area contributed by atoms with E-state index >= 15 is 0 Å². The Bertz CT molecular complexity index is 484. The molecule has 1 rings (SSSR count). The summed E-state index contributed by atoms with van der Waals surface area (Å²) in [5.41, 5.74) is -1.69. The van der Waals surface area contributed by atoms with Crippen LogP contribution in [-0.2, 0) is 20.0 Å². The number of carbonyl (C=O) groups is 1. The fourth-order valence-corrected chi connectivity index (χ4v) is 1.81. The number of amides is 2. The van der Waals surface area contributed by atoms with Gasteiger partial charge in [0.15, 0.2) is 23.5 Å². The molecule has 9 heteroatoms. The fraction of sp³-hybridized carbons (Fsp3) is 0.692. The number of urea groups is 1. The molecule has 1 unspecified atom stereocenters. The molecule has 0 saturated carbocycles. The van der Waals surface area contributed by atoms with Gasteiger partial charge in [0.1, 0.15) is 6.04 Å². The number of hydroxylamine groups is 2. The van der Waals surface area contributed by atoms with Crippen LogP contribution in [0.25, 0.3) is 0 Å². The van der Waals surface area contributed by atoms with Gasteiger partial charge in [0.25, 0.3) is 0 Å². The highest BCUT2D eigenvalue weighted by molar-refractivity contribution is 5.87. The van der Waals surface area contributed by atoms with Gasteiger partial charge in [0.05, 0.1) is 7.11 Å². The number of hydrogen-bond donors (Lipinski definition) is 1. The predicted molar refractivity (Wildman–Crippen MR) is 75.8 cm³/mol. The van der Waals surface area contributed by atoms with Gasteiger partial charge >= 0.3 is 6.03 Å². The van der Waals surface area contributed by atoms with E-state index in [1.54, 1.807) is 6.92 Å². The molecule has 1 atom stereocenters. The first-order valence-electron chi connectivity index (χ1n) is 6.60. The SMILES string of the molecule is COC(OC)C(C)N(OC)C(=O)Nc1cc(C(C)(C)F)on1. The summed E-state index contributed by atoms with van der Waals surface area (Å²) in [5.74, 6) is 0.0813. The van der Waals surface area contributed by atoms with Gasteiger partial charge in [-0.3, -0.25) is 10.2 Å². The number of nitrogens with one attached hydrogen (secondary N) is 1. The van der Waals surface area contributed by atoms with Crippen LogP contribution in [-0.4, -0.2) is 49.9 Å². The lowest BCUT2D eigenvalue weighted by molar-refractivity contribution is -0.201. The van der Waals surface area contributed by atoms with Crippen molar-refractivity contribution in [2.45, 2.75) is 38.8 Å². The summed E-state index contributed by atoms with van der Waals surface area (Å²) < 4.78 is 28.7. The lowest BCUT2D eigenvalue weighted by atomic mass is 10.1. The maximum absolute atomic E-state index is 13.7. The minimum atomic E-state index is -1.69. The molecular weight excluding hydrogens is 297 g/mol. The Morgan fingerprint density at radius 1 is 1.41 bits per heavy atom. The first kappa shape index (κ1) is 18.3. The summed E-state index contributed by atoms with van der Waals surface area (Å²) in [4.78, 5) is 17.2. The van der Waals surface area contributed by atoms with Crippen molar-refractivity contribution >= 4 is 11.8 Å². The van der Waals surface area contributed by atoms with Crippen molar-refractivity contribution in [3.8, 4) is 0 Å². The fourth-order valence-electron chi connectivity index (χ4n) is 1.81. The van der Waals surface area contributed by atoms with Gasteiger partial charge in [0, 0.05) is 20.3 Å². The van der Waals surface area contributed by atoms with Crippen LogP contribution in [0.4, 0.5) is 15.0 Å². The Labute approximate surface area is 128 Å². The number of rotatable bonds is 7. The van der Waals surface area contributed by atoms with Crippen LogP contribution >= 0.6 is 0 Å². The van der Waals surface area contributed by atoms with E-state index in [0.29, 0.717) is 0 Å². The van der Waals surface area contributed by atoms with Gasteiger partial charge in [-0.05, 0) is 20.8 Å². The van der Waals surface area contributed by atoms with Crippen molar-refractivity contribution in [2.24, 2.45) is 0 Å². The third-order valence-electron chi connectivity index (χ3n) is 2.96. The van der Waals surface area contributed by atoms with E-state index < -0.39 is 24.0 Å². The molecule has 1 N–H and O–H groups in total. The molecule has 0 radical (unpaired) electrons. The maximum Gasteiger partial charge on any atom is 0.347 e. The third kappa shape index (κ3) is 4.39. The van der Waals surface area contributed by atoms with Crippen LogP contribution in [0, 0.1) is 0 Å². The molecule has 0 fully saturated rings. The van der Waals surface area contributed by atoms with E-state index in [1.807, 2.05) is 0 Å². The molecule has 1 heterocycles. The van der Waals surface area contributed by atoms with Crippen LogP contribution in [0.5, 0.6) is 0 Å². The second kappa shape index (κ2) is 7.52. The summed E-state index contributed by atoms with van der Waals surface area (Å²) in [5, 5.41) is 7.06. The molecule has 1 aromatic heterocycles. The van der Waals surface area contributed by atoms with E-state index in [4.69, 9.17) is 18.8 Å². The van der Waals surface area contributed by atoms with E-state index in [-0.39, 0.29) is 11.6 Å². The highest BCUT2D eigenvalue weighted by Crippen LogP contribution is 2.26. The number of halogens is 1. The van der Waals surface area contributed by atoms with E-state index in [2.05, 4.69) is 10.5 Å². The molecule has 0 spiro atoms. The Kier molecular flexibility index (Phi) is 6.27. The van der Waals surface area contributed by atoms with Crippen molar-refractivity contribution in [3.05, 3.63) is 11.8 Å².